The number of hydrogen-bond acceptors (Lipinski definition) is 3. The van der Waals surface area contributed by atoms with Crippen molar-refractivity contribution in [3.05, 3.63) is 115 Å². The van der Waals surface area contributed by atoms with Gasteiger partial charge in [0.25, 0.3) is 5.01 Å². The number of thiazole rings is 1. The van der Waals surface area contributed by atoms with Crippen molar-refractivity contribution in [3.63, 3.8) is 0 Å². The summed E-state index contributed by atoms with van der Waals surface area (Å²) in [6.45, 7) is 15.8. The van der Waals surface area contributed by atoms with Gasteiger partial charge in [-0.1, -0.05) is 104 Å². The van der Waals surface area contributed by atoms with E-state index in [0.717, 1.165) is 48.8 Å². The van der Waals surface area contributed by atoms with Crippen LogP contribution in [0.25, 0.3) is 16.3 Å². The van der Waals surface area contributed by atoms with Crippen molar-refractivity contribution in [3.8, 4) is 0 Å². The lowest BCUT2D eigenvalue weighted by molar-refractivity contribution is -0.665. The first-order chi connectivity index (χ1) is 21.4. The second-order valence-corrected chi connectivity index (χ2v) is 17.0. The second kappa shape index (κ2) is 13.0. The summed E-state index contributed by atoms with van der Waals surface area (Å²) in [5.74, 6) is 0. The molecule has 45 heavy (non-hydrogen) atoms. The molecule has 3 aromatic rings. The van der Waals surface area contributed by atoms with E-state index in [1.807, 2.05) is 35.2 Å². The zero-order valence-electron chi connectivity index (χ0n) is 27.2. The second-order valence-electron chi connectivity index (χ2n) is 14.0. The lowest BCUT2D eigenvalue weighted by Crippen LogP contribution is -2.33. The molecule has 0 amide bonds. The Kier molecular flexibility index (Phi) is 9.34. The Balaban J connectivity index is 1.26. The lowest BCUT2D eigenvalue weighted by atomic mass is 9.74. The molecule has 2 aromatic carbocycles. The summed E-state index contributed by atoms with van der Waals surface area (Å²) in [5, 5.41) is 4.15. The van der Waals surface area contributed by atoms with E-state index in [1.165, 1.54) is 53.1 Å². The first kappa shape index (κ1) is 32.4. The van der Waals surface area contributed by atoms with Gasteiger partial charge in [0.2, 0.25) is 5.52 Å². The van der Waals surface area contributed by atoms with Crippen LogP contribution in [0.15, 0.2) is 105 Å². The van der Waals surface area contributed by atoms with E-state index in [1.54, 1.807) is 0 Å². The smallest absolute Gasteiger partial charge is 0.263 e. The number of allylic oxidation sites excluding steroid dienone is 10. The number of benzene rings is 2. The maximum Gasteiger partial charge on any atom is 0.263 e. The van der Waals surface area contributed by atoms with Gasteiger partial charge in [-0.05, 0) is 109 Å². The van der Waals surface area contributed by atoms with Gasteiger partial charge in [-0.15, -0.1) is 0 Å². The Labute approximate surface area is 287 Å². The van der Waals surface area contributed by atoms with Gasteiger partial charge in [-0.25, -0.2) is 0 Å². The van der Waals surface area contributed by atoms with E-state index in [0.29, 0.717) is 0 Å². The number of rotatable bonds is 6. The number of fused-ring (bicyclic) bond motifs is 2. The molecule has 0 fully saturated rings. The minimum absolute atomic E-state index is 0.211. The third-order valence-corrected chi connectivity index (χ3v) is 11.4. The van der Waals surface area contributed by atoms with E-state index in [-0.39, 0.29) is 10.8 Å². The number of halogens is 2. The average molecular weight is 675 g/mol. The Morgan fingerprint density at radius 3 is 2.29 bits per heavy atom. The van der Waals surface area contributed by atoms with Crippen LogP contribution >= 0.6 is 46.3 Å². The fourth-order valence-corrected chi connectivity index (χ4v) is 9.74. The Bertz CT molecular complexity index is 1830. The predicted molar refractivity (Wildman–Crippen MR) is 199 cm³/mol. The van der Waals surface area contributed by atoms with Gasteiger partial charge in [0.1, 0.15) is 11.2 Å². The molecule has 0 saturated carbocycles. The maximum absolute atomic E-state index is 6.35. The summed E-state index contributed by atoms with van der Waals surface area (Å²) in [4.78, 5) is 3.66. The van der Waals surface area contributed by atoms with E-state index in [9.17, 15) is 0 Å². The molecule has 0 radical (unpaired) electrons. The first-order valence-electron chi connectivity index (χ1n) is 16.0. The molecule has 2 heterocycles. The topological polar surface area (TPSA) is 7.12 Å². The molecule has 0 saturated heterocycles. The van der Waals surface area contributed by atoms with Crippen LogP contribution in [-0.2, 0) is 6.54 Å². The van der Waals surface area contributed by atoms with Gasteiger partial charge >= 0.3 is 0 Å². The molecule has 3 aliphatic rings. The minimum atomic E-state index is 0.211. The van der Waals surface area contributed by atoms with Gasteiger partial charge < -0.3 is 4.90 Å². The van der Waals surface area contributed by atoms with Crippen molar-refractivity contribution < 1.29 is 4.57 Å². The molecule has 0 atom stereocenters. The number of anilines is 1. The van der Waals surface area contributed by atoms with Crippen LogP contribution in [0.1, 0.15) is 72.2 Å². The van der Waals surface area contributed by atoms with Crippen LogP contribution in [0.3, 0.4) is 0 Å². The summed E-state index contributed by atoms with van der Waals surface area (Å²) >= 11 is 16.4. The predicted octanol–water partition coefficient (Wildman–Crippen LogP) is 12.3. The van der Waals surface area contributed by atoms with E-state index >= 15 is 0 Å². The van der Waals surface area contributed by atoms with E-state index in [2.05, 4.69) is 118 Å². The fraction of sp³-hybridized carbons (Fsp3) is 0.359. The Morgan fingerprint density at radius 2 is 1.53 bits per heavy atom. The molecule has 0 N–H and O–H groups in total. The number of hydrogen-bond donors (Lipinski definition) is 0. The molecule has 6 heteroatoms. The minimum Gasteiger partial charge on any atom is -0.335 e. The molecular weight excluding hydrogens is 631 g/mol. The third-order valence-electron chi connectivity index (χ3n) is 8.73. The molecule has 0 spiro atoms. The lowest BCUT2D eigenvalue weighted by Gasteiger charge is -2.31. The Hall–Kier alpha value is -2.50. The molecule has 234 valence electrons. The number of thioether (sulfide) groups is 1. The van der Waals surface area contributed by atoms with Crippen molar-refractivity contribution >= 4 is 68.3 Å². The molecule has 1 aromatic heterocycles. The van der Waals surface area contributed by atoms with Gasteiger partial charge in [-0.3, -0.25) is 0 Å². The van der Waals surface area contributed by atoms with Crippen molar-refractivity contribution in [2.45, 2.75) is 78.7 Å². The van der Waals surface area contributed by atoms with Crippen LogP contribution in [0, 0.1) is 10.8 Å². The Morgan fingerprint density at radius 1 is 0.844 bits per heavy atom. The van der Waals surface area contributed by atoms with Gasteiger partial charge in [0.05, 0.1) is 10.7 Å². The molecule has 0 unspecified atom stereocenters. The molecule has 2 aliphatic carbocycles. The van der Waals surface area contributed by atoms with Crippen molar-refractivity contribution in [1.82, 2.24) is 0 Å². The van der Waals surface area contributed by atoms with Crippen LogP contribution in [0.4, 0.5) is 5.69 Å². The number of aromatic nitrogens is 1. The third kappa shape index (κ3) is 7.41. The molecular formula is C39H43Cl2N2S2+. The number of aryl methyl sites for hydroxylation is 1. The molecule has 6 rings (SSSR count). The summed E-state index contributed by atoms with van der Waals surface area (Å²) in [6, 6.07) is 12.4. The fourth-order valence-electron chi connectivity index (χ4n) is 7.04. The van der Waals surface area contributed by atoms with E-state index < -0.39 is 0 Å². The zero-order valence-corrected chi connectivity index (χ0v) is 30.4. The van der Waals surface area contributed by atoms with Gasteiger partial charge in [0, 0.05) is 33.6 Å². The van der Waals surface area contributed by atoms with E-state index in [4.69, 9.17) is 23.2 Å². The van der Waals surface area contributed by atoms with Crippen molar-refractivity contribution in [2.75, 3.05) is 11.4 Å². The highest BCUT2D eigenvalue weighted by atomic mass is 35.5. The van der Waals surface area contributed by atoms with Crippen LogP contribution in [0.5, 0.6) is 0 Å². The molecule has 0 bridgehead atoms. The van der Waals surface area contributed by atoms with Crippen LogP contribution < -0.4 is 9.47 Å². The largest absolute Gasteiger partial charge is 0.335 e. The van der Waals surface area contributed by atoms with Crippen molar-refractivity contribution in [2.24, 2.45) is 10.8 Å². The first-order valence-corrected chi connectivity index (χ1v) is 18.4. The number of nitrogens with zero attached hydrogens (tertiary/aromatic N) is 2. The highest BCUT2D eigenvalue weighted by Crippen LogP contribution is 2.48. The quantitative estimate of drug-likeness (QED) is 0.240. The zero-order chi connectivity index (χ0) is 31.9. The standard InChI is InChI=1S/C39H43Cl2N2S2/c1-7-42-32-20-30(40)12-14-34(32)44-36(42)18-28-16-26(22-38(3,4)24-28)10-9-11-27-17-29(25-39(5,6)23-27)19-37-43(8-2)33-21-31(41)13-15-35(33)45-37/h9-21H,7-8,22-25H2,1-6H3/q+1. The summed E-state index contributed by atoms with van der Waals surface area (Å²) < 4.78 is 3.66. The summed E-state index contributed by atoms with van der Waals surface area (Å²) in [7, 11) is 0. The van der Waals surface area contributed by atoms with Crippen LogP contribution in [0.2, 0.25) is 10.0 Å². The van der Waals surface area contributed by atoms with Gasteiger partial charge in [-0.2, -0.15) is 4.57 Å². The monoisotopic (exact) mass is 673 g/mol. The van der Waals surface area contributed by atoms with Crippen LogP contribution in [-0.4, -0.2) is 6.54 Å². The molecule has 1 aliphatic heterocycles. The highest BCUT2D eigenvalue weighted by Gasteiger charge is 2.29. The molecule has 2 nitrogen and oxygen atoms in total. The van der Waals surface area contributed by atoms with Gasteiger partial charge in [0.15, 0.2) is 0 Å². The SMILES string of the molecule is CCN1/C(=C/C2=CC(=C/C=C/C3=CC(=C/c4sc5ccc(Cl)cc5[n+]4CC)/CC(C)(C)C3)/CC(C)(C)C2)Sc2ccc(Cl)cc21. The van der Waals surface area contributed by atoms with Crippen molar-refractivity contribution in [1.29, 1.82) is 0 Å². The summed E-state index contributed by atoms with van der Waals surface area (Å²) in [6.07, 6.45) is 20.9. The average Bonchev–Trinajstić information content (AvgIpc) is 3.46. The maximum atomic E-state index is 6.35. The normalized spacial score (nSPS) is 22.1. The summed E-state index contributed by atoms with van der Waals surface area (Å²) in [5.41, 5.74) is 8.42. The highest BCUT2D eigenvalue weighted by molar-refractivity contribution is 8.03.